The van der Waals surface area contributed by atoms with Crippen LogP contribution < -0.4 is 0 Å². The Morgan fingerprint density at radius 1 is 1.21 bits per heavy atom. The van der Waals surface area contributed by atoms with Gasteiger partial charge in [-0.05, 0) is 31.4 Å². The van der Waals surface area contributed by atoms with E-state index in [2.05, 4.69) is 6.58 Å². The van der Waals surface area contributed by atoms with Crippen molar-refractivity contribution in [2.75, 3.05) is 13.2 Å². The number of allylic oxidation sites excluding steroid dienone is 2. The molecular weight excluding hydrogens is 259 g/mol. The van der Waals surface area contributed by atoms with Gasteiger partial charge >= 0.3 is 7.60 Å². The summed E-state index contributed by atoms with van der Waals surface area (Å²) >= 11 is 0. The maximum Gasteiger partial charge on any atom is 0.354 e. The Labute approximate surface area is 115 Å². The minimum Gasteiger partial charge on any atom is -0.306 e. The molecule has 0 unspecified atom stereocenters. The molecule has 0 saturated heterocycles. The topological polar surface area (TPSA) is 35.5 Å². The maximum atomic E-state index is 12.5. The Kier molecular flexibility index (Phi) is 6.79. The minimum atomic E-state index is -3.18. The van der Waals surface area contributed by atoms with Gasteiger partial charge in [0.1, 0.15) is 0 Å². The average molecular weight is 280 g/mol. The SMILES string of the molecule is C=CC/C(=C\P(=O)(OCC)OCC)c1ccccc1. The largest absolute Gasteiger partial charge is 0.354 e. The molecule has 0 fully saturated rings. The van der Waals surface area contributed by atoms with E-state index in [1.54, 1.807) is 25.7 Å². The summed E-state index contributed by atoms with van der Waals surface area (Å²) < 4.78 is 23.1. The number of benzene rings is 1. The highest BCUT2D eigenvalue weighted by Crippen LogP contribution is 2.52. The number of hydrogen-bond donors (Lipinski definition) is 0. The van der Waals surface area contributed by atoms with Crippen LogP contribution in [0.1, 0.15) is 25.8 Å². The minimum absolute atomic E-state index is 0.351. The van der Waals surface area contributed by atoms with Gasteiger partial charge in [0, 0.05) is 5.82 Å². The lowest BCUT2D eigenvalue weighted by Gasteiger charge is -2.15. The first-order chi connectivity index (χ1) is 9.15. The molecule has 0 N–H and O–H groups in total. The number of rotatable bonds is 8. The summed E-state index contributed by atoms with van der Waals surface area (Å²) in [4.78, 5) is 0. The van der Waals surface area contributed by atoms with E-state index in [0.29, 0.717) is 19.6 Å². The van der Waals surface area contributed by atoms with Crippen LogP contribution in [-0.4, -0.2) is 13.2 Å². The Morgan fingerprint density at radius 3 is 2.26 bits per heavy atom. The van der Waals surface area contributed by atoms with Crippen molar-refractivity contribution in [1.82, 2.24) is 0 Å². The molecule has 0 radical (unpaired) electrons. The Hall–Kier alpha value is -1.15. The van der Waals surface area contributed by atoms with Gasteiger partial charge < -0.3 is 9.05 Å². The lowest BCUT2D eigenvalue weighted by Crippen LogP contribution is -1.94. The summed E-state index contributed by atoms with van der Waals surface area (Å²) in [5.41, 5.74) is 1.91. The molecule has 0 heterocycles. The van der Waals surface area contributed by atoms with E-state index in [4.69, 9.17) is 9.05 Å². The van der Waals surface area contributed by atoms with Crippen LogP contribution in [0.15, 0.2) is 48.8 Å². The second-order valence-electron chi connectivity index (χ2n) is 3.89. The van der Waals surface area contributed by atoms with Crippen LogP contribution in [0.4, 0.5) is 0 Å². The molecule has 1 aromatic carbocycles. The average Bonchev–Trinajstić information content (AvgIpc) is 2.40. The smallest absolute Gasteiger partial charge is 0.306 e. The molecule has 0 saturated carbocycles. The summed E-state index contributed by atoms with van der Waals surface area (Å²) in [7, 11) is -3.18. The molecule has 0 aliphatic heterocycles. The molecule has 3 nitrogen and oxygen atoms in total. The second kappa shape index (κ2) is 8.11. The van der Waals surface area contributed by atoms with Gasteiger partial charge in [-0.15, -0.1) is 6.58 Å². The molecule has 0 aliphatic rings. The fourth-order valence-corrected chi connectivity index (χ4v) is 3.29. The van der Waals surface area contributed by atoms with Crippen LogP contribution in [0.3, 0.4) is 0 Å². The molecular formula is C15H21O3P. The van der Waals surface area contributed by atoms with Gasteiger partial charge in [-0.1, -0.05) is 36.4 Å². The van der Waals surface area contributed by atoms with Gasteiger partial charge in [-0.2, -0.15) is 0 Å². The number of hydrogen-bond acceptors (Lipinski definition) is 3. The van der Waals surface area contributed by atoms with Crippen LogP contribution in [-0.2, 0) is 13.6 Å². The van der Waals surface area contributed by atoms with Crippen LogP contribution in [0.25, 0.3) is 5.57 Å². The van der Waals surface area contributed by atoms with E-state index in [9.17, 15) is 4.57 Å². The standard InChI is InChI=1S/C15H21O3P/c1-4-10-15(14-11-8-7-9-12-14)13-19(16,17-5-2)18-6-3/h4,7-9,11-13H,1,5-6,10H2,2-3H3/b15-13+. The van der Waals surface area contributed by atoms with Crippen molar-refractivity contribution in [3.63, 3.8) is 0 Å². The van der Waals surface area contributed by atoms with Gasteiger partial charge in [0.2, 0.25) is 0 Å². The van der Waals surface area contributed by atoms with Gasteiger partial charge in [0.05, 0.1) is 13.2 Å². The first kappa shape index (κ1) is 15.9. The highest BCUT2D eigenvalue weighted by molar-refractivity contribution is 7.57. The van der Waals surface area contributed by atoms with Crippen molar-refractivity contribution in [2.45, 2.75) is 20.3 Å². The summed E-state index contributed by atoms with van der Waals surface area (Å²) in [6.07, 6.45) is 2.40. The van der Waals surface area contributed by atoms with Gasteiger partial charge in [0.15, 0.2) is 0 Å². The van der Waals surface area contributed by atoms with E-state index in [-0.39, 0.29) is 0 Å². The lowest BCUT2D eigenvalue weighted by molar-refractivity contribution is 0.229. The molecule has 4 heteroatoms. The first-order valence-corrected chi connectivity index (χ1v) is 8.03. The molecule has 19 heavy (non-hydrogen) atoms. The lowest BCUT2D eigenvalue weighted by atomic mass is 10.1. The highest BCUT2D eigenvalue weighted by Gasteiger charge is 2.21. The molecule has 1 rings (SSSR count). The molecule has 0 amide bonds. The molecule has 0 spiro atoms. The third kappa shape index (κ3) is 5.15. The maximum absolute atomic E-state index is 12.5. The van der Waals surface area contributed by atoms with Crippen molar-refractivity contribution in [1.29, 1.82) is 0 Å². The summed E-state index contributed by atoms with van der Waals surface area (Å²) in [5, 5.41) is 0. The van der Waals surface area contributed by atoms with Crippen LogP contribution >= 0.6 is 7.60 Å². The predicted octanol–water partition coefficient (Wildman–Crippen LogP) is 4.87. The quantitative estimate of drug-likeness (QED) is 0.503. The predicted molar refractivity (Wildman–Crippen MR) is 80.1 cm³/mol. The van der Waals surface area contributed by atoms with E-state index in [1.165, 1.54) is 0 Å². The normalized spacial score (nSPS) is 12.4. The zero-order valence-corrected chi connectivity index (χ0v) is 12.4. The Bertz CT molecular complexity index is 456. The van der Waals surface area contributed by atoms with Crippen molar-refractivity contribution in [2.24, 2.45) is 0 Å². The summed E-state index contributed by atoms with van der Waals surface area (Å²) in [6.45, 7) is 8.04. The first-order valence-electron chi connectivity index (χ1n) is 6.42. The third-order valence-corrected chi connectivity index (χ3v) is 4.30. The summed E-state index contributed by atoms with van der Waals surface area (Å²) in [5.74, 6) is 1.61. The van der Waals surface area contributed by atoms with Gasteiger partial charge in [-0.25, -0.2) is 0 Å². The van der Waals surface area contributed by atoms with Crippen molar-refractivity contribution < 1.29 is 13.6 Å². The van der Waals surface area contributed by atoms with E-state index in [0.717, 1.165) is 11.1 Å². The van der Waals surface area contributed by atoms with Crippen molar-refractivity contribution in [3.05, 3.63) is 54.4 Å². The second-order valence-corrected chi connectivity index (χ2v) is 5.74. The Morgan fingerprint density at radius 2 is 1.79 bits per heavy atom. The molecule has 1 aromatic rings. The third-order valence-electron chi connectivity index (χ3n) is 2.44. The van der Waals surface area contributed by atoms with Gasteiger partial charge in [0.25, 0.3) is 0 Å². The van der Waals surface area contributed by atoms with Crippen LogP contribution in [0, 0.1) is 0 Å². The van der Waals surface area contributed by atoms with Crippen molar-refractivity contribution >= 4 is 13.2 Å². The molecule has 0 atom stereocenters. The molecule has 0 aliphatic carbocycles. The van der Waals surface area contributed by atoms with E-state index in [1.807, 2.05) is 30.3 Å². The van der Waals surface area contributed by atoms with E-state index < -0.39 is 7.60 Å². The Balaban J connectivity index is 3.12. The monoisotopic (exact) mass is 280 g/mol. The molecule has 0 bridgehead atoms. The van der Waals surface area contributed by atoms with Crippen molar-refractivity contribution in [3.8, 4) is 0 Å². The van der Waals surface area contributed by atoms with Gasteiger partial charge in [-0.3, -0.25) is 4.57 Å². The van der Waals surface area contributed by atoms with E-state index >= 15 is 0 Å². The highest BCUT2D eigenvalue weighted by atomic mass is 31.2. The van der Waals surface area contributed by atoms with Crippen LogP contribution in [0.2, 0.25) is 0 Å². The molecule has 0 aromatic heterocycles. The zero-order chi connectivity index (χ0) is 14.1. The fourth-order valence-electron chi connectivity index (χ4n) is 1.72. The fraction of sp³-hybridized carbons (Fsp3) is 0.333. The summed E-state index contributed by atoms with van der Waals surface area (Å²) in [6, 6.07) is 9.77. The molecule has 104 valence electrons. The zero-order valence-electron chi connectivity index (χ0n) is 11.5. The van der Waals surface area contributed by atoms with Crippen LogP contribution in [0.5, 0.6) is 0 Å².